The van der Waals surface area contributed by atoms with Gasteiger partial charge in [-0.1, -0.05) is 31.4 Å². The number of rotatable bonds is 7. The Morgan fingerprint density at radius 3 is 2.58 bits per heavy atom. The van der Waals surface area contributed by atoms with Crippen molar-refractivity contribution in [2.24, 2.45) is 4.99 Å². The summed E-state index contributed by atoms with van der Waals surface area (Å²) in [7, 11) is 1.79. The van der Waals surface area contributed by atoms with E-state index in [9.17, 15) is 17.6 Å². The lowest BCUT2D eigenvalue weighted by Crippen LogP contribution is -2.39. The molecule has 0 amide bonds. The van der Waals surface area contributed by atoms with Gasteiger partial charge in [-0.15, -0.1) is 11.8 Å². The minimum Gasteiger partial charge on any atom is -0.311 e. The number of aliphatic imine (C=N–C) groups is 1. The smallest absolute Gasteiger partial charge is 0.311 e. The lowest BCUT2D eigenvalue weighted by molar-refractivity contribution is -0.140. The normalized spacial score (nSPS) is 19.7. The summed E-state index contributed by atoms with van der Waals surface area (Å²) in [5.41, 5.74) is -0.294. The third-order valence-electron chi connectivity index (χ3n) is 5.92. The zero-order valence-electron chi connectivity index (χ0n) is 17.8. The molecule has 1 aliphatic carbocycles. The van der Waals surface area contributed by atoms with Crippen LogP contribution in [0, 0.1) is 5.82 Å². The van der Waals surface area contributed by atoms with Gasteiger partial charge in [-0.25, -0.2) is 4.39 Å². The van der Waals surface area contributed by atoms with Crippen LogP contribution in [0.3, 0.4) is 0 Å². The Bertz CT molecular complexity index is 842. The topological polar surface area (TPSA) is 27.6 Å². The van der Waals surface area contributed by atoms with Crippen LogP contribution in [-0.2, 0) is 6.18 Å². The zero-order valence-corrected chi connectivity index (χ0v) is 18.6. The first-order chi connectivity index (χ1) is 14.9. The SMILES string of the molecule is C=N/C(=C(\SCNC)C1=CCN(C2CCCCC2)CC1)c1cccc(C(F)(F)F)c1F. The summed E-state index contributed by atoms with van der Waals surface area (Å²) in [5.74, 6) is -0.779. The average Bonchev–Trinajstić information content (AvgIpc) is 2.77. The van der Waals surface area contributed by atoms with Gasteiger partial charge in [0.1, 0.15) is 5.82 Å². The molecule has 0 aromatic heterocycles. The molecule has 1 aliphatic heterocycles. The number of halogens is 4. The fourth-order valence-corrected chi connectivity index (χ4v) is 5.31. The van der Waals surface area contributed by atoms with Gasteiger partial charge in [-0.2, -0.15) is 13.2 Å². The molecule has 1 saturated carbocycles. The first kappa shape index (κ1) is 24.0. The molecule has 1 N–H and O–H groups in total. The molecule has 0 saturated heterocycles. The number of nitrogens with zero attached hydrogens (tertiary/aromatic N) is 2. The summed E-state index contributed by atoms with van der Waals surface area (Å²) < 4.78 is 54.6. The van der Waals surface area contributed by atoms with E-state index in [1.54, 1.807) is 7.05 Å². The van der Waals surface area contributed by atoms with E-state index in [0.717, 1.165) is 31.1 Å². The van der Waals surface area contributed by atoms with Crippen LogP contribution in [0.2, 0.25) is 0 Å². The highest BCUT2D eigenvalue weighted by atomic mass is 32.2. The van der Waals surface area contributed by atoms with Gasteiger partial charge in [0.15, 0.2) is 0 Å². The lowest BCUT2D eigenvalue weighted by Gasteiger charge is -2.36. The van der Waals surface area contributed by atoms with E-state index in [1.807, 2.05) is 0 Å². The molecule has 1 heterocycles. The molecule has 2 aliphatic rings. The van der Waals surface area contributed by atoms with Crippen molar-refractivity contribution >= 4 is 24.2 Å². The van der Waals surface area contributed by atoms with Crippen molar-refractivity contribution in [1.29, 1.82) is 0 Å². The largest absolute Gasteiger partial charge is 0.419 e. The molecular formula is C23H29F4N3S. The molecular weight excluding hydrogens is 426 g/mol. The number of alkyl halides is 3. The Labute approximate surface area is 185 Å². The zero-order chi connectivity index (χ0) is 22.4. The quantitative estimate of drug-likeness (QED) is 0.306. The van der Waals surface area contributed by atoms with Gasteiger partial charge in [0.2, 0.25) is 0 Å². The van der Waals surface area contributed by atoms with Gasteiger partial charge in [0.25, 0.3) is 0 Å². The molecule has 8 heteroatoms. The Hall–Kier alpha value is -1.64. The number of hydrogen-bond donors (Lipinski definition) is 1. The molecule has 1 fully saturated rings. The lowest BCUT2D eigenvalue weighted by atomic mass is 9.92. The van der Waals surface area contributed by atoms with Crippen LogP contribution < -0.4 is 5.32 Å². The predicted molar refractivity (Wildman–Crippen MR) is 121 cm³/mol. The second-order valence-electron chi connectivity index (χ2n) is 7.91. The Balaban J connectivity index is 1.96. The van der Waals surface area contributed by atoms with E-state index in [0.29, 0.717) is 16.8 Å². The van der Waals surface area contributed by atoms with Gasteiger partial charge >= 0.3 is 6.18 Å². The highest BCUT2D eigenvalue weighted by Crippen LogP contribution is 2.40. The van der Waals surface area contributed by atoms with Crippen molar-refractivity contribution in [1.82, 2.24) is 10.2 Å². The van der Waals surface area contributed by atoms with E-state index in [2.05, 4.69) is 28.0 Å². The molecule has 3 nitrogen and oxygen atoms in total. The van der Waals surface area contributed by atoms with E-state index in [1.165, 1.54) is 56.0 Å². The molecule has 170 valence electrons. The monoisotopic (exact) mass is 455 g/mol. The molecule has 31 heavy (non-hydrogen) atoms. The maximum atomic E-state index is 14.9. The van der Waals surface area contributed by atoms with Crippen LogP contribution in [-0.4, -0.2) is 43.7 Å². The molecule has 0 radical (unpaired) electrons. The van der Waals surface area contributed by atoms with Crippen molar-refractivity contribution in [3.8, 4) is 0 Å². The Morgan fingerprint density at radius 2 is 2.00 bits per heavy atom. The molecule has 0 atom stereocenters. The second-order valence-corrected chi connectivity index (χ2v) is 8.89. The second kappa shape index (κ2) is 10.8. The number of thioether (sulfide) groups is 1. The van der Waals surface area contributed by atoms with Gasteiger partial charge in [-0.05, 0) is 50.7 Å². The Morgan fingerprint density at radius 1 is 1.26 bits per heavy atom. The van der Waals surface area contributed by atoms with Crippen LogP contribution >= 0.6 is 11.8 Å². The van der Waals surface area contributed by atoms with Gasteiger partial charge in [0.05, 0.1) is 11.3 Å². The van der Waals surface area contributed by atoms with Crippen LogP contribution in [0.5, 0.6) is 0 Å². The highest BCUT2D eigenvalue weighted by molar-refractivity contribution is 8.03. The molecule has 0 unspecified atom stereocenters. The maximum absolute atomic E-state index is 14.9. The van der Waals surface area contributed by atoms with Gasteiger partial charge in [0, 0.05) is 35.5 Å². The maximum Gasteiger partial charge on any atom is 0.419 e. The first-order valence-electron chi connectivity index (χ1n) is 10.6. The Kier molecular flexibility index (Phi) is 8.36. The number of nitrogens with one attached hydrogen (secondary N) is 1. The van der Waals surface area contributed by atoms with Crippen molar-refractivity contribution in [2.75, 3.05) is 26.0 Å². The average molecular weight is 456 g/mol. The first-order valence-corrected chi connectivity index (χ1v) is 11.6. The fourth-order valence-electron chi connectivity index (χ4n) is 4.34. The van der Waals surface area contributed by atoms with E-state index >= 15 is 0 Å². The van der Waals surface area contributed by atoms with Crippen molar-refractivity contribution in [3.05, 3.63) is 51.7 Å². The molecule has 3 rings (SSSR count). The summed E-state index contributed by atoms with van der Waals surface area (Å²) in [6.07, 6.45) is 4.37. The van der Waals surface area contributed by atoms with Crippen LogP contribution in [0.4, 0.5) is 17.6 Å². The summed E-state index contributed by atoms with van der Waals surface area (Å²) in [6.45, 7) is 5.23. The highest BCUT2D eigenvalue weighted by Gasteiger charge is 2.35. The van der Waals surface area contributed by atoms with E-state index in [4.69, 9.17) is 0 Å². The van der Waals surface area contributed by atoms with Crippen LogP contribution in [0.1, 0.15) is 49.7 Å². The number of benzene rings is 1. The van der Waals surface area contributed by atoms with E-state index < -0.39 is 17.6 Å². The third-order valence-corrected chi connectivity index (χ3v) is 7.09. The summed E-state index contributed by atoms with van der Waals surface area (Å²) in [4.78, 5) is 7.17. The minimum atomic E-state index is -4.77. The fraction of sp³-hybridized carbons (Fsp3) is 0.522. The predicted octanol–water partition coefficient (Wildman–Crippen LogP) is 6.09. The third kappa shape index (κ3) is 5.79. The molecule has 0 spiro atoms. The number of allylic oxidation sites excluding steroid dienone is 1. The van der Waals surface area contributed by atoms with Crippen LogP contribution in [0.25, 0.3) is 5.70 Å². The van der Waals surface area contributed by atoms with Gasteiger partial charge in [-0.3, -0.25) is 9.89 Å². The van der Waals surface area contributed by atoms with Gasteiger partial charge < -0.3 is 5.32 Å². The minimum absolute atomic E-state index is 0.168. The summed E-state index contributed by atoms with van der Waals surface area (Å²) in [6, 6.07) is 3.91. The summed E-state index contributed by atoms with van der Waals surface area (Å²) >= 11 is 1.41. The molecule has 1 aromatic carbocycles. The molecule has 0 bridgehead atoms. The van der Waals surface area contributed by atoms with Crippen molar-refractivity contribution in [2.45, 2.75) is 50.7 Å². The standard InChI is InChI=1S/C23H29F4N3S/c1-28-15-31-22(16-11-13-30(14-12-16)17-7-4-3-5-8-17)21(29-2)18-9-6-10-19(20(18)24)23(25,26)27/h6,9-11,17,28H,2-5,7-8,12-15H2,1H3/b22-21-. The van der Waals surface area contributed by atoms with Crippen molar-refractivity contribution < 1.29 is 17.6 Å². The number of hydrogen-bond acceptors (Lipinski definition) is 4. The van der Waals surface area contributed by atoms with Crippen LogP contribution in [0.15, 0.2) is 39.7 Å². The van der Waals surface area contributed by atoms with Crippen molar-refractivity contribution in [3.63, 3.8) is 0 Å². The summed E-state index contributed by atoms with van der Waals surface area (Å²) in [5, 5.41) is 3.03. The van der Waals surface area contributed by atoms with E-state index in [-0.39, 0.29) is 11.3 Å². The molecule has 1 aromatic rings.